The molecule has 454 valence electrons. The number of furan rings is 2. The maximum Gasteiger partial charge on any atom is 0.212 e. The lowest BCUT2D eigenvalue weighted by Crippen LogP contribution is -2.08. The lowest BCUT2D eigenvalue weighted by atomic mass is 9.94. The molecule has 0 unspecified atom stereocenters. The predicted octanol–water partition coefficient (Wildman–Crippen LogP) is 25.2. The molecule has 0 aliphatic carbocycles. The SMILES string of the molecule is [C-]#[N+]c1cc(-c2nc(-c3cccc4c3sc3ccccc34)nc(-c3cccc4c3sc3ccccc34)n2)c(-n2c3ccc(-c4ccccc4)cc3c3c4oc5ccccc5c4ccc32)c(-c2ccccc2)c1-n1c2ccc(-c3ccccc3)cc2c2c3oc4ccccc4c3ccc21. The van der Waals surface area contributed by atoms with Gasteiger partial charge in [-0.1, -0.05) is 200 Å². The fourth-order valence-electron chi connectivity index (χ4n) is 15.5. The van der Waals surface area contributed by atoms with Crippen molar-refractivity contribution in [2.24, 2.45) is 0 Å². The Bertz CT molecular complexity index is 6870. The molecule has 0 atom stereocenters. The minimum atomic E-state index is 0.395. The minimum Gasteiger partial charge on any atom is -0.455 e. The topological polar surface area (TPSA) is 79.2 Å². The summed E-state index contributed by atoms with van der Waals surface area (Å²) in [6, 6.07) is 103. The molecule has 0 aliphatic heterocycles. The van der Waals surface area contributed by atoms with E-state index in [1.54, 1.807) is 22.7 Å². The van der Waals surface area contributed by atoms with Crippen molar-refractivity contribution in [2.75, 3.05) is 0 Å². The third kappa shape index (κ3) is 8.00. The van der Waals surface area contributed by atoms with Gasteiger partial charge in [-0.15, -0.1) is 22.7 Å². The Morgan fingerprint density at radius 3 is 1.20 bits per heavy atom. The molecule has 21 rings (SSSR count). The molecule has 0 fully saturated rings. The first-order valence-corrected chi connectivity index (χ1v) is 34.3. The molecular weight excluding hydrogens is 1240 g/mol. The van der Waals surface area contributed by atoms with Crippen LogP contribution in [0.15, 0.2) is 300 Å². The van der Waals surface area contributed by atoms with Crippen molar-refractivity contribution in [1.29, 1.82) is 0 Å². The fraction of sp³-hybridized carbons (Fsp3) is 0. The lowest BCUT2D eigenvalue weighted by molar-refractivity contribution is 0.672. The van der Waals surface area contributed by atoms with Gasteiger partial charge in [0.1, 0.15) is 22.3 Å². The van der Waals surface area contributed by atoms with E-state index >= 15 is 0 Å². The summed E-state index contributed by atoms with van der Waals surface area (Å²) in [5, 5.41) is 12.6. The third-order valence-electron chi connectivity index (χ3n) is 19.8. The highest BCUT2D eigenvalue weighted by Gasteiger charge is 2.32. The summed E-state index contributed by atoms with van der Waals surface area (Å²) < 4.78 is 23.5. The van der Waals surface area contributed by atoms with Crippen LogP contribution >= 0.6 is 22.7 Å². The van der Waals surface area contributed by atoms with Crippen LogP contribution in [-0.2, 0) is 0 Å². The minimum absolute atomic E-state index is 0.395. The van der Waals surface area contributed by atoms with Crippen molar-refractivity contribution in [3.05, 3.63) is 303 Å². The van der Waals surface area contributed by atoms with Crippen LogP contribution in [0.25, 0.3) is 212 Å². The molecule has 21 aromatic rings. The van der Waals surface area contributed by atoms with E-state index in [2.05, 4.69) is 282 Å². The Kier molecular flexibility index (Phi) is 11.8. The van der Waals surface area contributed by atoms with Gasteiger partial charge in [0.25, 0.3) is 0 Å². The molecule has 0 bridgehead atoms. The predicted molar refractivity (Wildman–Crippen MR) is 408 cm³/mol. The van der Waals surface area contributed by atoms with Crippen LogP contribution in [-0.4, -0.2) is 24.1 Å². The highest BCUT2D eigenvalue weighted by molar-refractivity contribution is 7.26. The Morgan fingerprint density at radius 2 is 0.714 bits per heavy atom. The van der Waals surface area contributed by atoms with E-state index in [0.717, 1.165) is 158 Å². The zero-order chi connectivity index (χ0) is 64.3. The van der Waals surface area contributed by atoms with E-state index in [1.165, 1.54) is 20.2 Å². The molecule has 7 aromatic heterocycles. The molecule has 10 heteroatoms. The van der Waals surface area contributed by atoms with E-state index in [4.69, 9.17) is 28.6 Å². The molecule has 0 N–H and O–H groups in total. The van der Waals surface area contributed by atoms with Crippen LogP contribution in [0.5, 0.6) is 0 Å². The van der Waals surface area contributed by atoms with E-state index in [9.17, 15) is 6.57 Å². The van der Waals surface area contributed by atoms with Crippen LogP contribution in [0.4, 0.5) is 5.69 Å². The number of aromatic nitrogens is 5. The molecule has 0 amide bonds. The van der Waals surface area contributed by atoms with E-state index in [0.29, 0.717) is 34.4 Å². The lowest BCUT2D eigenvalue weighted by Gasteiger charge is -2.24. The number of thiophene rings is 2. The molecule has 7 heterocycles. The molecule has 14 aromatic carbocycles. The molecular formula is C88H48N6O2S2. The van der Waals surface area contributed by atoms with Crippen LogP contribution in [0.3, 0.4) is 0 Å². The summed E-state index contributed by atoms with van der Waals surface area (Å²) >= 11 is 3.49. The zero-order valence-corrected chi connectivity index (χ0v) is 53.7. The van der Waals surface area contributed by atoms with Crippen molar-refractivity contribution in [1.82, 2.24) is 24.1 Å². The Balaban J connectivity index is 0.964. The maximum atomic E-state index is 9.79. The highest BCUT2D eigenvalue weighted by atomic mass is 32.1. The Hall–Kier alpha value is -12.8. The largest absolute Gasteiger partial charge is 0.455 e. The monoisotopic (exact) mass is 1280 g/mol. The number of rotatable bonds is 8. The molecule has 0 spiro atoms. The number of hydrogen-bond acceptors (Lipinski definition) is 7. The van der Waals surface area contributed by atoms with Gasteiger partial charge in [0.05, 0.1) is 50.8 Å². The van der Waals surface area contributed by atoms with Crippen LogP contribution in [0, 0.1) is 6.57 Å². The average Bonchev–Trinajstić information content (AvgIpc) is 1.51. The van der Waals surface area contributed by atoms with Gasteiger partial charge in [-0.2, -0.15) is 0 Å². The van der Waals surface area contributed by atoms with Gasteiger partial charge in [-0.3, -0.25) is 0 Å². The second kappa shape index (κ2) is 21.1. The zero-order valence-electron chi connectivity index (χ0n) is 52.0. The third-order valence-corrected chi connectivity index (χ3v) is 22.2. The first kappa shape index (κ1) is 54.6. The van der Waals surface area contributed by atoms with Crippen molar-refractivity contribution < 1.29 is 8.83 Å². The summed E-state index contributed by atoms with van der Waals surface area (Å²) in [5.41, 5.74) is 17.0. The molecule has 0 aliphatic rings. The molecule has 0 radical (unpaired) electrons. The first-order chi connectivity index (χ1) is 48.6. The summed E-state index contributed by atoms with van der Waals surface area (Å²) in [7, 11) is 0. The maximum absolute atomic E-state index is 9.79. The van der Waals surface area contributed by atoms with E-state index in [1.807, 2.05) is 18.2 Å². The number of benzene rings is 14. The van der Waals surface area contributed by atoms with E-state index in [-0.39, 0.29) is 0 Å². The smallest absolute Gasteiger partial charge is 0.212 e. The normalized spacial score (nSPS) is 12.1. The molecule has 0 saturated carbocycles. The molecule has 98 heavy (non-hydrogen) atoms. The summed E-state index contributed by atoms with van der Waals surface area (Å²) in [6.45, 7) is 9.79. The van der Waals surface area contributed by atoms with Gasteiger partial charge < -0.3 is 18.0 Å². The van der Waals surface area contributed by atoms with Crippen LogP contribution in [0.1, 0.15) is 0 Å². The van der Waals surface area contributed by atoms with Crippen molar-refractivity contribution in [2.45, 2.75) is 0 Å². The summed E-state index contributed by atoms with van der Waals surface area (Å²) in [4.78, 5) is 22.1. The van der Waals surface area contributed by atoms with Gasteiger partial charge in [-0.05, 0) is 119 Å². The standard InChI is InChI=1S/C88H48N6O2S2/c1-89-68-49-67(88-91-86(63-33-19-31-61-57-29-13-17-37-75(57)97-84(61)63)90-87(92-88)64-34-20-32-62-58-30-14-18-38-76(58)98-85(62)64)80(93-69-43-39-53(50-21-5-2-6-22-50)47-65(69)78-71(93)45-41-59-55-27-11-15-35-73(55)95-82(59)78)77(52-25-9-4-10-26-52)81(68)94-70-44-40-54(51-23-7-3-8-24-51)48-66(70)79-72(94)46-42-60-56-28-12-16-36-74(56)96-83(60)79/h2-49H. The van der Waals surface area contributed by atoms with Crippen molar-refractivity contribution in [3.8, 4) is 78.9 Å². The first-order valence-electron chi connectivity index (χ1n) is 32.7. The van der Waals surface area contributed by atoms with Gasteiger partial charge in [-0.25, -0.2) is 19.8 Å². The number of nitrogens with zero attached hydrogens (tertiary/aromatic N) is 6. The average molecular weight is 1290 g/mol. The van der Waals surface area contributed by atoms with Crippen LogP contribution in [0.2, 0.25) is 0 Å². The van der Waals surface area contributed by atoms with Crippen molar-refractivity contribution in [3.63, 3.8) is 0 Å². The van der Waals surface area contributed by atoms with Gasteiger partial charge >= 0.3 is 0 Å². The Morgan fingerprint density at radius 1 is 0.306 bits per heavy atom. The van der Waals surface area contributed by atoms with Gasteiger partial charge in [0.15, 0.2) is 17.5 Å². The number of fused-ring (bicyclic) bond motifs is 20. The molecule has 0 saturated heterocycles. The van der Waals surface area contributed by atoms with E-state index < -0.39 is 0 Å². The molecule has 8 nitrogen and oxygen atoms in total. The summed E-state index contributed by atoms with van der Waals surface area (Å²) in [6.07, 6.45) is 0. The number of para-hydroxylation sites is 2. The quantitative estimate of drug-likeness (QED) is 0.142. The van der Waals surface area contributed by atoms with Gasteiger partial charge in [0.2, 0.25) is 5.69 Å². The van der Waals surface area contributed by atoms with Crippen molar-refractivity contribution >= 4 is 156 Å². The summed E-state index contributed by atoms with van der Waals surface area (Å²) in [5.74, 6) is 1.45. The second-order valence-electron chi connectivity index (χ2n) is 25.1. The fourth-order valence-corrected chi connectivity index (χ4v) is 17.9. The second-order valence-corrected chi connectivity index (χ2v) is 27.2. The Labute approximate surface area is 566 Å². The van der Waals surface area contributed by atoms with Crippen LogP contribution < -0.4 is 0 Å². The number of hydrogen-bond donors (Lipinski definition) is 0. The van der Waals surface area contributed by atoms with Gasteiger partial charge in [0, 0.05) is 94.9 Å². The highest BCUT2D eigenvalue weighted by Crippen LogP contribution is 2.53.